The minimum Gasteiger partial charge on any atom is -0.497 e. The third kappa shape index (κ3) is 10.1. The lowest BCUT2D eigenvalue weighted by atomic mass is 10.00. The Morgan fingerprint density at radius 1 is 0.952 bits per heavy atom. The average molecular weight is 614 g/mol. The summed E-state index contributed by atoms with van der Waals surface area (Å²) in [6.07, 6.45) is 1.74. The van der Waals surface area contributed by atoms with E-state index in [2.05, 4.69) is 5.32 Å². The number of halogens is 1. The van der Waals surface area contributed by atoms with Crippen LogP contribution < -0.4 is 14.4 Å². The van der Waals surface area contributed by atoms with Crippen molar-refractivity contribution in [3.05, 3.63) is 95.0 Å². The summed E-state index contributed by atoms with van der Waals surface area (Å²) in [5.74, 6) is 0.0814. The molecule has 0 fully saturated rings. The van der Waals surface area contributed by atoms with Crippen molar-refractivity contribution in [3.8, 4) is 5.75 Å². The molecule has 0 spiro atoms. The van der Waals surface area contributed by atoms with Gasteiger partial charge in [-0.2, -0.15) is 0 Å². The molecule has 42 heavy (non-hydrogen) atoms. The molecule has 3 rings (SSSR count). The number of rotatable bonds is 13. The Bertz CT molecular complexity index is 1440. The molecule has 0 heterocycles. The number of hydrogen-bond acceptors (Lipinski definition) is 5. The van der Waals surface area contributed by atoms with Gasteiger partial charge in [-0.3, -0.25) is 13.9 Å². The number of benzene rings is 3. The zero-order valence-corrected chi connectivity index (χ0v) is 26.4. The standard InChI is InChI=1S/C32H40ClN3O5S/c1-32(2,3)34-31(38)29(22-24-11-7-6-8-12-24)35(23-25-13-9-14-26(33)21-25)30(37)15-10-20-36(42(5,39)40)27-16-18-28(41-4)19-17-27/h6-9,11-14,16-19,21,29H,10,15,20,22-23H2,1-5H3,(H,34,38)/t29-/m1/s1. The molecule has 3 aromatic carbocycles. The molecule has 0 aliphatic heterocycles. The van der Waals surface area contributed by atoms with Gasteiger partial charge >= 0.3 is 0 Å². The highest BCUT2D eigenvalue weighted by Gasteiger charge is 2.32. The summed E-state index contributed by atoms with van der Waals surface area (Å²) in [6, 6.07) is 22.7. The maximum absolute atomic E-state index is 13.9. The second-order valence-corrected chi connectivity index (χ2v) is 13.6. The van der Waals surface area contributed by atoms with Crippen molar-refractivity contribution in [2.75, 3.05) is 24.2 Å². The molecule has 3 aromatic rings. The summed E-state index contributed by atoms with van der Waals surface area (Å²) in [6.45, 7) is 5.95. The molecular weight excluding hydrogens is 574 g/mol. The van der Waals surface area contributed by atoms with Crippen LogP contribution in [0.3, 0.4) is 0 Å². The number of carbonyl (C=O) groups is 2. The maximum atomic E-state index is 13.9. The van der Waals surface area contributed by atoms with Crippen LogP contribution >= 0.6 is 11.6 Å². The van der Waals surface area contributed by atoms with E-state index in [1.165, 1.54) is 11.4 Å². The van der Waals surface area contributed by atoms with E-state index in [1.54, 1.807) is 47.4 Å². The van der Waals surface area contributed by atoms with Crippen molar-refractivity contribution < 1.29 is 22.7 Å². The molecule has 0 radical (unpaired) electrons. The third-order valence-corrected chi connectivity index (χ3v) is 7.95. The van der Waals surface area contributed by atoms with Crippen LogP contribution in [0.5, 0.6) is 5.75 Å². The smallest absolute Gasteiger partial charge is 0.243 e. The van der Waals surface area contributed by atoms with Crippen molar-refractivity contribution in [1.29, 1.82) is 0 Å². The fourth-order valence-corrected chi connectivity index (χ4v) is 5.77. The molecule has 1 atom stereocenters. The summed E-state index contributed by atoms with van der Waals surface area (Å²) in [4.78, 5) is 29.2. The number of nitrogens with zero attached hydrogens (tertiary/aromatic N) is 2. The van der Waals surface area contributed by atoms with E-state index in [-0.39, 0.29) is 37.7 Å². The number of hydrogen-bond donors (Lipinski definition) is 1. The Morgan fingerprint density at radius 3 is 2.17 bits per heavy atom. The third-order valence-electron chi connectivity index (χ3n) is 6.52. The van der Waals surface area contributed by atoms with Gasteiger partial charge in [0.05, 0.1) is 19.1 Å². The molecule has 0 aliphatic carbocycles. The first-order chi connectivity index (χ1) is 19.8. The van der Waals surface area contributed by atoms with Crippen LogP contribution in [0.15, 0.2) is 78.9 Å². The molecule has 2 amide bonds. The highest BCUT2D eigenvalue weighted by molar-refractivity contribution is 7.92. The van der Waals surface area contributed by atoms with E-state index in [9.17, 15) is 18.0 Å². The maximum Gasteiger partial charge on any atom is 0.243 e. The lowest BCUT2D eigenvalue weighted by Crippen LogP contribution is -2.54. The lowest BCUT2D eigenvalue weighted by Gasteiger charge is -2.34. The van der Waals surface area contributed by atoms with Gasteiger partial charge in [-0.15, -0.1) is 0 Å². The van der Waals surface area contributed by atoms with E-state index in [4.69, 9.17) is 16.3 Å². The summed E-state index contributed by atoms with van der Waals surface area (Å²) in [5.41, 5.74) is 1.67. The Labute approximate surface area is 254 Å². The number of carbonyl (C=O) groups excluding carboxylic acids is 2. The highest BCUT2D eigenvalue weighted by Crippen LogP contribution is 2.23. The summed E-state index contributed by atoms with van der Waals surface area (Å²) in [7, 11) is -2.07. The van der Waals surface area contributed by atoms with E-state index >= 15 is 0 Å². The molecule has 226 valence electrons. The Kier molecular flexibility index (Phi) is 11.4. The molecule has 0 unspecified atom stereocenters. The first-order valence-electron chi connectivity index (χ1n) is 13.8. The summed E-state index contributed by atoms with van der Waals surface area (Å²) in [5, 5.41) is 3.57. The van der Waals surface area contributed by atoms with Crippen molar-refractivity contribution in [3.63, 3.8) is 0 Å². The van der Waals surface area contributed by atoms with E-state index in [0.29, 0.717) is 22.9 Å². The van der Waals surface area contributed by atoms with Gasteiger partial charge < -0.3 is 15.0 Å². The minimum atomic E-state index is -3.61. The molecule has 1 N–H and O–H groups in total. The number of methoxy groups -OCH3 is 1. The van der Waals surface area contributed by atoms with Crippen LogP contribution in [0.4, 0.5) is 5.69 Å². The zero-order valence-electron chi connectivity index (χ0n) is 24.8. The molecule has 0 aromatic heterocycles. The molecule has 10 heteroatoms. The Hall–Kier alpha value is -3.56. The largest absolute Gasteiger partial charge is 0.497 e. The second-order valence-electron chi connectivity index (χ2n) is 11.2. The lowest BCUT2D eigenvalue weighted by molar-refractivity contribution is -0.142. The van der Waals surface area contributed by atoms with Gasteiger partial charge in [0, 0.05) is 36.5 Å². The van der Waals surface area contributed by atoms with Gasteiger partial charge in [-0.1, -0.05) is 54.1 Å². The molecule has 0 aliphatic rings. The van der Waals surface area contributed by atoms with Gasteiger partial charge in [0.15, 0.2) is 0 Å². The average Bonchev–Trinajstić information content (AvgIpc) is 2.92. The number of anilines is 1. The highest BCUT2D eigenvalue weighted by atomic mass is 35.5. The second kappa shape index (κ2) is 14.6. The summed E-state index contributed by atoms with van der Waals surface area (Å²) < 4.78 is 31.7. The van der Waals surface area contributed by atoms with Crippen molar-refractivity contribution in [1.82, 2.24) is 10.2 Å². The molecule has 0 saturated carbocycles. The Morgan fingerprint density at radius 2 is 1.60 bits per heavy atom. The Balaban J connectivity index is 1.89. The van der Waals surface area contributed by atoms with Gasteiger partial charge in [-0.05, 0) is 74.7 Å². The molecule has 0 saturated heterocycles. The number of sulfonamides is 1. The quantitative estimate of drug-likeness (QED) is 0.277. The van der Waals surface area contributed by atoms with Crippen LogP contribution in [-0.4, -0.2) is 56.6 Å². The minimum absolute atomic E-state index is 0.0385. The van der Waals surface area contributed by atoms with Gasteiger partial charge in [0.25, 0.3) is 0 Å². The van der Waals surface area contributed by atoms with Crippen molar-refractivity contribution >= 4 is 39.1 Å². The van der Waals surface area contributed by atoms with Crippen LogP contribution in [0.1, 0.15) is 44.7 Å². The fraction of sp³-hybridized carbons (Fsp3) is 0.375. The topological polar surface area (TPSA) is 96.0 Å². The fourth-order valence-electron chi connectivity index (χ4n) is 4.59. The van der Waals surface area contributed by atoms with Crippen LogP contribution in [0, 0.1) is 0 Å². The first-order valence-corrected chi connectivity index (χ1v) is 16.0. The van der Waals surface area contributed by atoms with Crippen molar-refractivity contribution in [2.45, 2.75) is 58.2 Å². The normalized spacial score (nSPS) is 12.3. The van der Waals surface area contributed by atoms with Crippen molar-refractivity contribution in [2.24, 2.45) is 0 Å². The van der Waals surface area contributed by atoms with Crippen LogP contribution in [-0.2, 0) is 32.6 Å². The SMILES string of the molecule is COc1ccc(N(CCCC(=O)N(Cc2cccc(Cl)c2)[C@H](Cc2ccccc2)C(=O)NC(C)(C)C)S(C)(=O)=O)cc1. The molecular formula is C32H40ClN3O5S. The summed E-state index contributed by atoms with van der Waals surface area (Å²) >= 11 is 6.25. The monoisotopic (exact) mass is 613 g/mol. The predicted octanol–water partition coefficient (Wildman–Crippen LogP) is 5.45. The van der Waals surface area contributed by atoms with Crippen LogP contribution in [0.25, 0.3) is 0 Å². The molecule has 8 nitrogen and oxygen atoms in total. The first kappa shape index (κ1) is 32.9. The van der Waals surface area contributed by atoms with Gasteiger partial charge in [-0.25, -0.2) is 8.42 Å². The van der Waals surface area contributed by atoms with Gasteiger partial charge in [0.1, 0.15) is 11.8 Å². The number of ether oxygens (including phenoxy) is 1. The van der Waals surface area contributed by atoms with E-state index < -0.39 is 21.6 Å². The number of nitrogens with one attached hydrogen (secondary N) is 1. The van der Waals surface area contributed by atoms with E-state index in [0.717, 1.165) is 17.4 Å². The van der Waals surface area contributed by atoms with E-state index in [1.807, 2.05) is 57.2 Å². The number of amides is 2. The molecule has 0 bridgehead atoms. The van der Waals surface area contributed by atoms with Crippen LogP contribution in [0.2, 0.25) is 5.02 Å². The van der Waals surface area contributed by atoms with Gasteiger partial charge in [0.2, 0.25) is 21.8 Å². The predicted molar refractivity (Wildman–Crippen MR) is 168 cm³/mol. The zero-order chi connectivity index (χ0) is 30.9.